The van der Waals surface area contributed by atoms with Crippen LogP contribution in [-0.2, 0) is 0 Å². The molecule has 2 N–H and O–H groups in total. The number of nitrogen functional groups attached to an aromatic ring is 1. The van der Waals surface area contributed by atoms with Crippen LogP contribution in [0.5, 0.6) is 5.75 Å². The first-order chi connectivity index (χ1) is 5.57. The predicted octanol–water partition coefficient (Wildman–Crippen LogP) is 2.66. The molecule has 0 saturated carbocycles. The van der Waals surface area contributed by atoms with Crippen molar-refractivity contribution in [2.75, 3.05) is 12.8 Å². The Hall–Kier alpha value is -0.700. The molecule has 0 radical (unpaired) electrons. The molecule has 0 aromatic heterocycles. The minimum atomic E-state index is 0.674. The number of nitrogens with two attached hydrogens (primary N) is 1. The number of benzene rings is 1. The quantitative estimate of drug-likeness (QED) is 0.752. The third kappa shape index (κ3) is 1.41. The van der Waals surface area contributed by atoms with E-state index in [1.54, 1.807) is 7.11 Å². The lowest BCUT2D eigenvalue weighted by Crippen LogP contribution is -1.96. The zero-order valence-electron chi connectivity index (χ0n) is 7.44. The van der Waals surface area contributed by atoms with Crippen LogP contribution in [0.25, 0.3) is 0 Å². The lowest BCUT2D eigenvalue weighted by atomic mass is 10.1. The lowest BCUT2D eigenvalue weighted by molar-refractivity contribution is 0.414. The van der Waals surface area contributed by atoms with Crippen LogP contribution in [0, 0.1) is 13.8 Å². The maximum absolute atomic E-state index is 5.75. The first-order valence-corrected chi connectivity index (χ1v) is 4.46. The average Bonchev–Trinajstić information content (AvgIpc) is 2.01. The van der Waals surface area contributed by atoms with Crippen molar-refractivity contribution in [3.05, 3.63) is 21.7 Å². The molecule has 0 aliphatic carbocycles. The number of aryl methyl sites for hydroxylation is 1. The van der Waals surface area contributed by atoms with Crippen molar-refractivity contribution >= 4 is 21.6 Å². The van der Waals surface area contributed by atoms with Gasteiger partial charge in [0.05, 0.1) is 17.3 Å². The number of halogens is 1. The smallest absolute Gasteiger partial charge is 0.156 e. The third-order valence-electron chi connectivity index (χ3n) is 1.96. The van der Waals surface area contributed by atoms with Crippen molar-refractivity contribution in [2.24, 2.45) is 0 Å². The molecule has 1 rings (SSSR count). The highest BCUT2D eigenvalue weighted by Gasteiger charge is 2.09. The van der Waals surface area contributed by atoms with E-state index in [2.05, 4.69) is 15.9 Å². The van der Waals surface area contributed by atoms with Crippen LogP contribution in [0.1, 0.15) is 11.1 Å². The number of anilines is 1. The fraction of sp³-hybridized carbons (Fsp3) is 0.333. The van der Waals surface area contributed by atoms with Crippen molar-refractivity contribution in [3.63, 3.8) is 0 Å². The maximum atomic E-state index is 5.75. The second kappa shape index (κ2) is 3.35. The monoisotopic (exact) mass is 229 g/mol. The molecule has 1 aromatic carbocycles. The van der Waals surface area contributed by atoms with Gasteiger partial charge in [-0.25, -0.2) is 0 Å². The normalized spacial score (nSPS) is 10.0. The molecular formula is C9H12BrNO. The summed E-state index contributed by atoms with van der Waals surface area (Å²) in [4.78, 5) is 0. The molecule has 0 heterocycles. The minimum Gasteiger partial charge on any atom is -0.493 e. The molecule has 0 aliphatic heterocycles. The first-order valence-electron chi connectivity index (χ1n) is 3.67. The number of hydrogen-bond acceptors (Lipinski definition) is 2. The summed E-state index contributed by atoms with van der Waals surface area (Å²) < 4.78 is 6.09. The summed E-state index contributed by atoms with van der Waals surface area (Å²) in [6, 6.07) is 1.92. The lowest BCUT2D eigenvalue weighted by Gasteiger charge is -2.11. The molecular weight excluding hydrogens is 218 g/mol. The summed E-state index contributed by atoms with van der Waals surface area (Å²) >= 11 is 3.44. The molecule has 66 valence electrons. The Morgan fingerprint density at radius 3 is 2.50 bits per heavy atom. The van der Waals surface area contributed by atoms with Crippen molar-refractivity contribution in [2.45, 2.75) is 13.8 Å². The van der Waals surface area contributed by atoms with Gasteiger partial charge in [-0.2, -0.15) is 0 Å². The molecule has 1 aromatic rings. The topological polar surface area (TPSA) is 35.2 Å². The van der Waals surface area contributed by atoms with Gasteiger partial charge in [-0.15, -0.1) is 0 Å². The summed E-state index contributed by atoms with van der Waals surface area (Å²) in [6.45, 7) is 4.05. The molecule has 0 aliphatic rings. The summed E-state index contributed by atoms with van der Waals surface area (Å²) in [5.41, 5.74) is 8.75. The van der Waals surface area contributed by atoms with E-state index >= 15 is 0 Å². The van der Waals surface area contributed by atoms with Gasteiger partial charge in [0.1, 0.15) is 0 Å². The SMILES string of the molecule is COc1c(N)cc(C)c(C)c1Br. The fourth-order valence-corrected chi connectivity index (χ4v) is 1.79. The van der Waals surface area contributed by atoms with E-state index in [4.69, 9.17) is 10.5 Å². The summed E-state index contributed by atoms with van der Waals surface area (Å²) in [6.07, 6.45) is 0. The number of ether oxygens (including phenoxy) is 1. The Labute approximate surface area is 80.8 Å². The van der Waals surface area contributed by atoms with Crippen molar-refractivity contribution < 1.29 is 4.74 Å². The van der Waals surface area contributed by atoms with Crippen molar-refractivity contribution in [3.8, 4) is 5.75 Å². The van der Waals surface area contributed by atoms with Gasteiger partial charge in [0.25, 0.3) is 0 Å². The second-order valence-electron chi connectivity index (χ2n) is 2.75. The predicted molar refractivity (Wildman–Crippen MR) is 54.6 cm³/mol. The van der Waals surface area contributed by atoms with Gasteiger partial charge in [0.15, 0.2) is 5.75 Å². The second-order valence-corrected chi connectivity index (χ2v) is 3.55. The van der Waals surface area contributed by atoms with Crippen LogP contribution in [0.4, 0.5) is 5.69 Å². The molecule has 0 bridgehead atoms. The highest BCUT2D eigenvalue weighted by molar-refractivity contribution is 9.10. The first kappa shape index (κ1) is 9.39. The van der Waals surface area contributed by atoms with E-state index in [1.807, 2.05) is 19.9 Å². The zero-order chi connectivity index (χ0) is 9.30. The third-order valence-corrected chi connectivity index (χ3v) is 2.91. The Bertz CT molecular complexity index is 310. The largest absolute Gasteiger partial charge is 0.493 e. The highest BCUT2D eigenvalue weighted by atomic mass is 79.9. The van der Waals surface area contributed by atoms with Gasteiger partial charge >= 0.3 is 0 Å². The molecule has 0 spiro atoms. The Kier molecular flexibility index (Phi) is 2.62. The summed E-state index contributed by atoms with van der Waals surface area (Å²) in [5.74, 6) is 0.720. The van der Waals surface area contributed by atoms with E-state index < -0.39 is 0 Å². The molecule has 0 atom stereocenters. The molecule has 0 amide bonds. The fourth-order valence-electron chi connectivity index (χ4n) is 1.08. The van der Waals surface area contributed by atoms with Gasteiger partial charge in [-0.3, -0.25) is 0 Å². The van der Waals surface area contributed by atoms with E-state index in [0.717, 1.165) is 10.2 Å². The van der Waals surface area contributed by atoms with E-state index in [9.17, 15) is 0 Å². The van der Waals surface area contributed by atoms with Gasteiger partial charge < -0.3 is 10.5 Å². The summed E-state index contributed by atoms with van der Waals surface area (Å²) in [5, 5.41) is 0. The molecule has 3 heteroatoms. The number of hydrogen-bond donors (Lipinski definition) is 1. The van der Waals surface area contributed by atoms with Crippen molar-refractivity contribution in [1.29, 1.82) is 0 Å². The number of rotatable bonds is 1. The van der Waals surface area contributed by atoms with Crippen LogP contribution >= 0.6 is 15.9 Å². The van der Waals surface area contributed by atoms with Crippen LogP contribution in [0.2, 0.25) is 0 Å². The Morgan fingerprint density at radius 1 is 1.42 bits per heavy atom. The molecule has 0 unspecified atom stereocenters. The van der Waals surface area contributed by atoms with Gasteiger partial charge in [0, 0.05) is 0 Å². The Morgan fingerprint density at radius 2 is 2.00 bits per heavy atom. The van der Waals surface area contributed by atoms with E-state index in [0.29, 0.717) is 5.69 Å². The molecule has 2 nitrogen and oxygen atoms in total. The minimum absolute atomic E-state index is 0.674. The van der Waals surface area contributed by atoms with E-state index in [1.165, 1.54) is 11.1 Å². The maximum Gasteiger partial charge on any atom is 0.156 e. The highest BCUT2D eigenvalue weighted by Crippen LogP contribution is 2.35. The number of methoxy groups -OCH3 is 1. The average molecular weight is 230 g/mol. The van der Waals surface area contributed by atoms with Crippen LogP contribution in [0.15, 0.2) is 10.5 Å². The Balaban J connectivity index is 3.40. The van der Waals surface area contributed by atoms with Crippen LogP contribution in [-0.4, -0.2) is 7.11 Å². The van der Waals surface area contributed by atoms with Crippen LogP contribution in [0.3, 0.4) is 0 Å². The van der Waals surface area contributed by atoms with Crippen molar-refractivity contribution in [1.82, 2.24) is 0 Å². The van der Waals surface area contributed by atoms with Gasteiger partial charge in [0.2, 0.25) is 0 Å². The summed E-state index contributed by atoms with van der Waals surface area (Å²) in [7, 11) is 1.62. The van der Waals surface area contributed by atoms with E-state index in [-0.39, 0.29) is 0 Å². The molecule has 0 saturated heterocycles. The van der Waals surface area contributed by atoms with Crippen LogP contribution < -0.4 is 10.5 Å². The molecule has 0 fully saturated rings. The van der Waals surface area contributed by atoms with Gasteiger partial charge in [-0.1, -0.05) is 0 Å². The molecule has 12 heavy (non-hydrogen) atoms. The van der Waals surface area contributed by atoms with Gasteiger partial charge in [-0.05, 0) is 47.0 Å². The standard InChI is InChI=1S/C9H12BrNO/c1-5-4-7(11)9(12-3)8(10)6(5)2/h4H,11H2,1-3H3. The zero-order valence-corrected chi connectivity index (χ0v) is 9.03.